The summed E-state index contributed by atoms with van der Waals surface area (Å²) in [5, 5.41) is 17.0. The van der Waals surface area contributed by atoms with Gasteiger partial charge in [0.2, 0.25) is 0 Å². The zero-order valence-electron chi connectivity index (χ0n) is 4.85. The van der Waals surface area contributed by atoms with Crippen molar-refractivity contribution in [3.8, 4) is 0 Å². The van der Waals surface area contributed by atoms with Crippen LogP contribution in [0.25, 0.3) is 0 Å². The van der Waals surface area contributed by atoms with E-state index in [2.05, 4.69) is 12.6 Å². The molecule has 2 N–H and O–H groups in total. The van der Waals surface area contributed by atoms with Crippen molar-refractivity contribution in [2.75, 3.05) is 5.75 Å². The van der Waals surface area contributed by atoms with Gasteiger partial charge in [-0.15, -0.1) is 5.43 Å². The Morgan fingerprint density at radius 1 is 1.90 bits per heavy atom. The van der Waals surface area contributed by atoms with E-state index in [4.69, 9.17) is 5.11 Å². The van der Waals surface area contributed by atoms with Gasteiger partial charge in [0.1, 0.15) is 0 Å². The smallest absolute Gasteiger partial charge is 0.332 e. The van der Waals surface area contributed by atoms with Gasteiger partial charge in [0.15, 0.2) is 11.1 Å². The lowest BCUT2D eigenvalue weighted by molar-refractivity contribution is -0.547. The molecule has 0 unspecified atom stereocenters. The maximum absolute atomic E-state index is 10.1. The lowest BCUT2D eigenvalue weighted by Gasteiger charge is -2.03. The highest BCUT2D eigenvalue weighted by atomic mass is 32.1. The Kier molecular flexibility index (Phi) is 3.55. The molecule has 7 heteroatoms. The fraction of sp³-hybridized carbons (Fsp3) is 0.667. The molecule has 0 amide bonds. The second-order valence-corrected chi connectivity index (χ2v) is 1.82. The van der Waals surface area contributed by atoms with E-state index < -0.39 is 17.0 Å². The molecule has 1 atom stereocenters. The number of carboxylic acid groups (broad SMARTS) is 1. The highest BCUT2D eigenvalue weighted by Crippen LogP contribution is 1.86. The molecule has 0 aliphatic carbocycles. The molecule has 0 fully saturated rings. The lowest BCUT2D eigenvalue weighted by Crippen LogP contribution is -2.41. The maximum Gasteiger partial charge on any atom is 0.332 e. The van der Waals surface area contributed by atoms with Crippen LogP contribution in [0.3, 0.4) is 0 Å². The van der Waals surface area contributed by atoms with Crippen molar-refractivity contribution in [2.45, 2.75) is 6.04 Å². The van der Waals surface area contributed by atoms with Crippen LogP contribution in [-0.2, 0) is 4.79 Å². The molecule has 0 aromatic rings. The van der Waals surface area contributed by atoms with Crippen molar-refractivity contribution in [2.24, 2.45) is 0 Å². The van der Waals surface area contributed by atoms with Crippen LogP contribution < -0.4 is 5.43 Å². The van der Waals surface area contributed by atoms with Gasteiger partial charge in [0.05, 0.1) is 0 Å². The summed E-state index contributed by atoms with van der Waals surface area (Å²) in [7, 11) is 0. The summed E-state index contributed by atoms with van der Waals surface area (Å²) in [5.41, 5.74) is 1.58. The minimum absolute atomic E-state index is 0.115. The van der Waals surface area contributed by atoms with E-state index in [1.165, 1.54) is 0 Å². The molecule has 0 spiro atoms. The molecule has 58 valence electrons. The van der Waals surface area contributed by atoms with Crippen molar-refractivity contribution in [3.05, 3.63) is 10.1 Å². The Morgan fingerprint density at radius 2 is 2.40 bits per heavy atom. The summed E-state index contributed by atoms with van der Waals surface area (Å²) in [5.74, 6) is -1.40. The van der Waals surface area contributed by atoms with Crippen molar-refractivity contribution in [3.63, 3.8) is 0 Å². The first-order valence-electron chi connectivity index (χ1n) is 2.32. The number of rotatable bonds is 4. The van der Waals surface area contributed by atoms with Crippen LogP contribution in [0.5, 0.6) is 0 Å². The van der Waals surface area contributed by atoms with Crippen LogP contribution in [0.4, 0.5) is 0 Å². The van der Waals surface area contributed by atoms with Crippen LogP contribution in [-0.4, -0.2) is 27.9 Å². The molecule has 10 heavy (non-hydrogen) atoms. The zero-order chi connectivity index (χ0) is 8.15. The molecule has 0 heterocycles. The number of nitrogens with zero attached hydrogens (tertiary/aromatic N) is 1. The van der Waals surface area contributed by atoms with Gasteiger partial charge in [-0.05, 0) is 0 Å². The van der Waals surface area contributed by atoms with E-state index in [0.29, 0.717) is 0 Å². The first-order valence-corrected chi connectivity index (χ1v) is 2.95. The van der Waals surface area contributed by atoms with E-state index in [1.807, 2.05) is 0 Å². The van der Waals surface area contributed by atoms with E-state index in [1.54, 1.807) is 5.43 Å². The Labute approximate surface area is 61.8 Å². The number of carbonyl (C=O) groups is 1. The summed E-state index contributed by atoms with van der Waals surface area (Å²) in [6.45, 7) is 0. The molecule has 0 aliphatic heterocycles. The fourth-order valence-corrected chi connectivity index (χ4v) is 0.539. The Morgan fingerprint density at radius 3 is 2.50 bits per heavy atom. The molecule has 0 aromatic carbocycles. The Bertz CT molecular complexity index is 149. The summed E-state index contributed by atoms with van der Waals surface area (Å²) in [6.07, 6.45) is 0. The number of aliphatic carboxylic acids is 1. The predicted molar refractivity (Wildman–Crippen MR) is 35.4 cm³/mol. The van der Waals surface area contributed by atoms with Crippen molar-refractivity contribution < 1.29 is 14.9 Å². The van der Waals surface area contributed by atoms with Crippen molar-refractivity contribution in [1.82, 2.24) is 5.43 Å². The van der Waals surface area contributed by atoms with Gasteiger partial charge in [0.25, 0.3) is 0 Å². The second-order valence-electron chi connectivity index (χ2n) is 1.46. The summed E-state index contributed by atoms with van der Waals surface area (Å²) in [4.78, 5) is 19.7. The third kappa shape index (κ3) is 3.13. The van der Waals surface area contributed by atoms with Crippen LogP contribution in [0.15, 0.2) is 0 Å². The number of nitrogens with one attached hydrogen (secondary N) is 1. The summed E-state index contributed by atoms with van der Waals surface area (Å²) >= 11 is 3.58. The number of hydrogen-bond acceptors (Lipinski definition) is 4. The minimum atomic E-state index is -1.29. The molecule has 0 rings (SSSR count). The van der Waals surface area contributed by atoms with Crippen LogP contribution in [0.2, 0.25) is 0 Å². The van der Waals surface area contributed by atoms with Gasteiger partial charge in [-0.25, -0.2) is 14.9 Å². The van der Waals surface area contributed by atoms with E-state index in [0.717, 1.165) is 0 Å². The summed E-state index contributed by atoms with van der Waals surface area (Å²) in [6, 6.07) is -1.22. The molecule has 0 saturated heterocycles. The number of hydrogen-bond donors (Lipinski definition) is 3. The predicted octanol–water partition coefficient (Wildman–Crippen LogP) is -0.849. The van der Waals surface area contributed by atoms with Gasteiger partial charge in [-0.3, -0.25) is 0 Å². The maximum atomic E-state index is 10.1. The van der Waals surface area contributed by atoms with Gasteiger partial charge >= 0.3 is 5.97 Å². The highest BCUT2D eigenvalue weighted by Gasteiger charge is 2.19. The average Bonchev–Trinajstić information content (AvgIpc) is 1.81. The van der Waals surface area contributed by atoms with Gasteiger partial charge in [-0.2, -0.15) is 12.6 Å². The second kappa shape index (κ2) is 3.94. The van der Waals surface area contributed by atoms with Crippen LogP contribution >= 0.6 is 12.6 Å². The lowest BCUT2D eigenvalue weighted by atomic mass is 10.4. The van der Waals surface area contributed by atoms with Crippen molar-refractivity contribution in [1.29, 1.82) is 0 Å². The Balaban J connectivity index is 3.83. The monoisotopic (exact) mass is 166 g/mol. The molecule has 6 nitrogen and oxygen atoms in total. The largest absolute Gasteiger partial charge is 0.480 e. The number of hydrazine groups is 1. The van der Waals surface area contributed by atoms with Crippen molar-refractivity contribution >= 4 is 18.6 Å². The Hall–Kier alpha value is -0.980. The highest BCUT2D eigenvalue weighted by molar-refractivity contribution is 7.80. The third-order valence-corrected chi connectivity index (χ3v) is 1.11. The molecule has 0 saturated carbocycles. The van der Waals surface area contributed by atoms with E-state index >= 15 is 0 Å². The molecule has 0 radical (unpaired) electrons. The molecular weight excluding hydrogens is 160 g/mol. The topological polar surface area (TPSA) is 92.5 Å². The first-order chi connectivity index (χ1) is 4.57. The first kappa shape index (κ1) is 9.02. The third-order valence-electron chi connectivity index (χ3n) is 0.742. The SMILES string of the molecule is O=C(O)[C@@H](CS)N[N+](=O)[O-]. The molecule has 0 aliphatic rings. The average molecular weight is 166 g/mol. The molecular formula is C3H6N2O4S. The van der Waals surface area contributed by atoms with Gasteiger partial charge in [-0.1, -0.05) is 0 Å². The minimum Gasteiger partial charge on any atom is -0.480 e. The van der Waals surface area contributed by atoms with Crippen LogP contribution in [0, 0.1) is 10.1 Å². The van der Waals surface area contributed by atoms with E-state index in [-0.39, 0.29) is 5.75 Å². The quantitative estimate of drug-likeness (QED) is 0.287. The number of nitro groups is 1. The summed E-state index contributed by atoms with van der Waals surface area (Å²) < 4.78 is 0. The normalized spacial score (nSPS) is 12.1. The van der Waals surface area contributed by atoms with Gasteiger partial charge < -0.3 is 5.11 Å². The standard InChI is InChI=1S/C3H6N2O4S/c6-3(7)2(1-10)4-5(8)9/h2,4,10H,1H2,(H,6,7)/t2-/m1/s1. The number of thiol groups is 1. The van der Waals surface area contributed by atoms with E-state index in [9.17, 15) is 14.9 Å². The number of carboxylic acids is 1. The molecule has 0 bridgehead atoms. The van der Waals surface area contributed by atoms with Crippen LogP contribution in [0.1, 0.15) is 0 Å². The van der Waals surface area contributed by atoms with Gasteiger partial charge in [0, 0.05) is 5.75 Å². The fourth-order valence-electron chi connectivity index (χ4n) is 0.301. The molecule has 0 aromatic heterocycles. The zero-order valence-corrected chi connectivity index (χ0v) is 5.75.